The summed E-state index contributed by atoms with van der Waals surface area (Å²) in [4.78, 5) is 0. The quantitative estimate of drug-likeness (QED) is 0.852. The highest BCUT2D eigenvalue weighted by Gasteiger charge is 2.12. The Kier molecular flexibility index (Phi) is 3.06. The van der Waals surface area contributed by atoms with E-state index in [0.717, 1.165) is 5.69 Å². The summed E-state index contributed by atoms with van der Waals surface area (Å²) >= 11 is 0. The Bertz CT molecular complexity index is 476. The van der Waals surface area contributed by atoms with E-state index in [2.05, 4.69) is 24.2 Å². The van der Waals surface area contributed by atoms with E-state index >= 15 is 0 Å². The van der Waals surface area contributed by atoms with Crippen molar-refractivity contribution in [3.63, 3.8) is 0 Å². The average Bonchev–Trinajstić information content (AvgIpc) is 2.68. The van der Waals surface area contributed by atoms with Gasteiger partial charge in [0.05, 0.1) is 11.8 Å². The predicted molar refractivity (Wildman–Crippen MR) is 63.1 cm³/mol. The van der Waals surface area contributed by atoms with Gasteiger partial charge < -0.3 is 5.11 Å². The van der Waals surface area contributed by atoms with Gasteiger partial charge in [0.25, 0.3) is 0 Å². The largest absolute Gasteiger partial charge is 0.386 e. The van der Waals surface area contributed by atoms with Crippen molar-refractivity contribution in [3.05, 3.63) is 53.3 Å². The van der Waals surface area contributed by atoms with Crippen LogP contribution in [-0.4, -0.2) is 14.9 Å². The summed E-state index contributed by atoms with van der Waals surface area (Å²) in [5, 5.41) is 14.2. The molecule has 0 saturated heterocycles. The number of rotatable bonds is 3. The first-order valence-electron chi connectivity index (χ1n) is 5.39. The van der Waals surface area contributed by atoms with Crippen LogP contribution in [0.2, 0.25) is 0 Å². The Morgan fingerprint density at radius 1 is 1.31 bits per heavy atom. The Balaban J connectivity index is 2.17. The van der Waals surface area contributed by atoms with E-state index < -0.39 is 6.10 Å². The summed E-state index contributed by atoms with van der Waals surface area (Å²) in [7, 11) is 1.84. The molecule has 0 amide bonds. The molecular formula is C13H16N2O. The molecule has 1 unspecified atom stereocenters. The third-order valence-corrected chi connectivity index (χ3v) is 2.87. The highest BCUT2D eigenvalue weighted by atomic mass is 16.3. The lowest BCUT2D eigenvalue weighted by Gasteiger charge is -2.12. The molecule has 0 aliphatic carbocycles. The fraction of sp³-hybridized carbons (Fsp3) is 0.308. The molecule has 1 N–H and O–H groups in total. The van der Waals surface area contributed by atoms with Crippen LogP contribution in [0.5, 0.6) is 0 Å². The van der Waals surface area contributed by atoms with Crippen molar-refractivity contribution in [1.82, 2.24) is 9.78 Å². The highest BCUT2D eigenvalue weighted by Crippen LogP contribution is 2.19. The molecule has 0 bridgehead atoms. The van der Waals surface area contributed by atoms with Crippen LogP contribution in [-0.2, 0) is 13.5 Å². The third kappa shape index (κ3) is 2.14. The van der Waals surface area contributed by atoms with Crippen LogP contribution >= 0.6 is 0 Å². The predicted octanol–water partition coefficient (Wildman–Crippen LogP) is 2.00. The van der Waals surface area contributed by atoms with E-state index in [1.54, 1.807) is 10.9 Å². The van der Waals surface area contributed by atoms with Crippen LogP contribution in [0.3, 0.4) is 0 Å². The summed E-state index contributed by atoms with van der Waals surface area (Å²) in [6.45, 7) is 2.06. The van der Waals surface area contributed by atoms with Gasteiger partial charge in [0.15, 0.2) is 0 Å². The van der Waals surface area contributed by atoms with Gasteiger partial charge in [-0.3, -0.25) is 4.68 Å². The number of aliphatic hydroxyl groups is 1. The fourth-order valence-corrected chi connectivity index (χ4v) is 1.86. The second-order valence-electron chi connectivity index (χ2n) is 4.03. The van der Waals surface area contributed by atoms with Crippen LogP contribution in [0, 0.1) is 6.92 Å². The highest BCUT2D eigenvalue weighted by molar-refractivity contribution is 5.27. The van der Waals surface area contributed by atoms with Crippen LogP contribution in [0.1, 0.15) is 22.9 Å². The number of aryl methyl sites for hydroxylation is 2. The Morgan fingerprint density at radius 3 is 2.69 bits per heavy atom. The molecule has 1 aromatic heterocycles. The molecule has 0 spiro atoms. The maximum atomic E-state index is 10.1. The molecule has 0 fully saturated rings. The number of benzene rings is 1. The zero-order valence-corrected chi connectivity index (χ0v) is 9.59. The van der Waals surface area contributed by atoms with Crippen molar-refractivity contribution in [1.29, 1.82) is 0 Å². The van der Waals surface area contributed by atoms with Gasteiger partial charge in [-0.25, -0.2) is 0 Å². The zero-order chi connectivity index (χ0) is 11.5. The molecular weight excluding hydrogens is 200 g/mol. The van der Waals surface area contributed by atoms with Crippen LogP contribution < -0.4 is 0 Å². The first-order valence-corrected chi connectivity index (χ1v) is 5.39. The topological polar surface area (TPSA) is 38.1 Å². The van der Waals surface area contributed by atoms with Crippen molar-refractivity contribution in [3.8, 4) is 0 Å². The van der Waals surface area contributed by atoms with Crippen LogP contribution in [0.15, 0.2) is 36.5 Å². The number of hydrogen-bond acceptors (Lipinski definition) is 2. The first-order chi connectivity index (χ1) is 7.68. The molecule has 16 heavy (non-hydrogen) atoms. The van der Waals surface area contributed by atoms with Gasteiger partial charge in [0.1, 0.15) is 0 Å². The lowest BCUT2D eigenvalue weighted by atomic mass is 10.0. The number of aliphatic hydroxyl groups excluding tert-OH is 1. The number of aromatic nitrogens is 2. The van der Waals surface area contributed by atoms with E-state index in [-0.39, 0.29) is 0 Å². The smallest absolute Gasteiger partial charge is 0.0996 e. The minimum Gasteiger partial charge on any atom is -0.386 e. The molecule has 0 radical (unpaired) electrons. The van der Waals surface area contributed by atoms with E-state index in [9.17, 15) is 5.11 Å². The molecule has 2 rings (SSSR count). The summed E-state index contributed by atoms with van der Waals surface area (Å²) in [6, 6.07) is 9.97. The van der Waals surface area contributed by atoms with E-state index in [1.807, 2.05) is 25.2 Å². The van der Waals surface area contributed by atoms with Crippen molar-refractivity contribution in [2.75, 3.05) is 0 Å². The van der Waals surface area contributed by atoms with Gasteiger partial charge in [-0.2, -0.15) is 5.10 Å². The van der Waals surface area contributed by atoms with E-state index in [0.29, 0.717) is 6.42 Å². The van der Waals surface area contributed by atoms with Crippen molar-refractivity contribution in [2.24, 2.45) is 7.05 Å². The molecule has 3 nitrogen and oxygen atoms in total. The Labute approximate surface area is 95.3 Å². The maximum absolute atomic E-state index is 10.1. The van der Waals surface area contributed by atoms with Gasteiger partial charge >= 0.3 is 0 Å². The summed E-state index contributed by atoms with van der Waals surface area (Å²) in [6.07, 6.45) is 1.84. The van der Waals surface area contributed by atoms with Crippen LogP contribution in [0.4, 0.5) is 0 Å². The number of hydrogen-bond donors (Lipinski definition) is 1. The summed E-state index contributed by atoms with van der Waals surface area (Å²) in [5.41, 5.74) is 3.24. The molecule has 0 aliphatic heterocycles. The van der Waals surface area contributed by atoms with Crippen molar-refractivity contribution >= 4 is 0 Å². The Morgan fingerprint density at radius 2 is 2.06 bits per heavy atom. The minimum atomic E-state index is -0.492. The molecule has 3 heteroatoms. The second kappa shape index (κ2) is 4.49. The SMILES string of the molecule is Cc1ccccc1CC(O)c1ccnn1C. The molecule has 1 atom stereocenters. The van der Waals surface area contributed by atoms with E-state index in [4.69, 9.17) is 0 Å². The van der Waals surface area contributed by atoms with Crippen molar-refractivity contribution in [2.45, 2.75) is 19.4 Å². The normalized spacial score (nSPS) is 12.7. The summed E-state index contributed by atoms with van der Waals surface area (Å²) < 4.78 is 1.71. The lowest BCUT2D eigenvalue weighted by Crippen LogP contribution is -2.08. The molecule has 0 aliphatic rings. The summed E-state index contributed by atoms with van der Waals surface area (Å²) in [5.74, 6) is 0. The van der Waals surface area contributed by atoms with Gasteiger partial charge in [0.2, 0.25) is 0 Å². The molecule has 84 valence electrons. The average molecular weight is 216 g/mol. The van der Waals surface area contributed by atoms with Gasteiger partial charge in [-0.05, 0) is 24.1 Å². The van der Waals surface area contributed by atoms with Gasteiger partial charge in [-0.15, -0.1) is 0 Å². The molecule has 1 aromatic carbocycles. The van der Waals surface area contributed by atoms with Gasteiger partial charge in [-0.1, -0.05) is 24.3 Å². The molecule has 2 aromatic rings. The maximum Gasteiger partial charge on any atom is 0.0996 e. The molecule has 0 saturated carbocycles. The first kappa shape index (κ1) is 10.9. The second-order valence-corrected chi connectivity index (χ2v) is 4.03. The van der Waals surface area contributed by atoms with E-state index in [1.165, 1.54) is 11.1 Å². The minimum absolute atomic E-state index is 0.492. The fourth-order valence-electron chi connectivity index (χ4n) is 1.86. The standard InChI is InChI=1S/C13H16N2O/c1-10-5-3-4-6-11(10)9-13(16)12-7-8-14-15(12)2/h3-8,13,16H,9H2,1-2H3. The lowest BCUT2D eigenvalue weighted by molar-refractivity contribution is 0.168. The van der Waals surface area contributed by atoms with Gasteiger partial charge in [0, 0.05) is 19.7 Å². The zero-order valence-electron chi connectivity index (χ0n) is 9.59. The Hall–Kier alpha value is -1.61. The number of nitrogens with zero attached hydrogens (tertiary/aromatic N) is 2. The van der Waals surface area contributed by atoms with Crippen molar-refractivity contribution < 1.29 is 5.11 Å². The monoisotopic (exact) mass is 216 g/mol. The van der Waals surface area contributed by atoms with Crippen LogP contribution in [0.25, 0.3) is 0 Å². The molecule has 1 heterocycles. The third-order valence-electron chi connectivity index (χ3n) is 2.87.